The minimum Gasteiger partial charge on any atom is -0.294 e. The third-order valence-corrected chi connectivity index (χ3v) is 6.99. The molecule has 3 aromatic heterocycles. The van der Waals surface area contributed by atoms with E-state index in [1.165, 1.54) is 11.1 Å². The smallest absolute Gasteiger partial charge is 0.294 e. The first kappa shape index (κ1) is 29.6. The maximum absolute atomic E-state index is 5.18. The number of hydrogen-bond acceptors (Lipinski definition) is 2. The number of nitrogens with zero attached hydrogens (tertiary/aromatic N) is 3. The summed E-state index contributed by atoms with van der Waals surface area (Å²) in [7, 11) is 0. The van der Waals surface area contributed by atoms with Gasteiger partial charge in [0.1, 0.15) is 11.4 Å². The van der Waals surface area contributed by atoms with E-state index in [2.05, 4.69) is 113 Å². The summed E-state index contributed by atoms with van der Waals surface area (Å²) in [5, 5.41) is 0. The zero-order valence-corrected chi connectivity index (χ0v) is 26.3. The van der Waals surface area contributed by atoms with Crippen LogP contribution in [0.1, 0.15) is 70.1 Å². The Kier molecular flexibility index (Phi) is 8.86. The minimum absolute atomic E-state index is 0. The third-order valence-electron chi connectivity index (χ3n) is 6.99. The largest absolute Gasteiger partial charge is 2.00 e. The fourth-order valence-electron chi connectivity index (χ4n) is 4.64. The molecule has 5 rings (SSSR count). The molecule has 0 aliphatic rings. The zero-order chi connectivity index (χ0) is 27.6. The van der Waals surface area contributed by atoms with E-state index in [0.29, 0.717) is 0 Å². The van der Waals surface area contributed by atoms with Crippen LogP contribution in [0.5, 0.6) is 0 Å². The van der Waals surface area contributed by atoms with E-state index in [1.54, 1.807) is 0 Å². The van der Waals surface area contributed by atoms with E-state index in [0.717, 1.165) is 33.9 Å². The summed E-state index contributed by atoms with van der Waals surface area (Å²) >= 11 is 0. The van der Waals surface area contributed by atoms with Crippen LogP contribution in [0.15, 0.2) is 103 Å². The van der Waals surface area contributed by atoms with Gasteiger partial charge in [0.25, 0.3) is 0 Å². The van der Waals surface area contributed by atoms with Crippen LogP contribution in [-0.2, 0) is 31.9 Å². The van der Waals surface area contributed by atoms with Gasteiger partial charge in [0.05, 0.1) is 0 Å². The molecule has 4 heteroatoms. The molecule has 0 unspecified atom stereocenters. The Morgan fingerprint density at radius 1 is 0.600 bits per heavy atom. The van der Waals surface area contributed by atoms with E-state index in [9.17, 15) is 0 Å². The monoisotopic (exact) mass is 705 g/mol. The molecule has 0 fully saturated rings. The Bertz CT molecular complexity index is 1450. The van der Waals surface area contributed by atoms with E-state index in [4.69, 9.17) is 9.97 Å². The predicted molar refractivity (Wildman–Crippen MR) is 158 cm³/mol. The number of rotatable bonds is 5. The molecule has 3 nitrogen and oxygen atoms in total. The van der Waals surface area contributed by atoms with E-state index >= 15 is 0 Å². The molecular formula is C36H36N3Pt+. The topological polar surface area (TPSA) is 29.7 Å². The first-order valence-electron chi connectivity index (χ1n) is 13.5. The van der Waals surface area contributed by atoms with Gasteiger partial charge in [-0.25, -0.2) is 0 Å². The third kappa shape index (κ3) is 6.65. The molecule has 0 atom stereocenters. The van der Waals surface area contributed by atoms with Crippen LogP contribution in [-0.4, -0.2) is 9.97 Å². The van der Waals surface area contributed by atoms with Gasteiger partial charge in [-0.2, -0.15) is 4.57 Å². The molecular weight excluding hydrogens is 669 g/mol. The minimum atomic E-state index is -0.222. The molecule has 2 aromatic carbocycles. The van der Waals surface area contributed by atoms with Crippen molar-refractivity contribution in [3.63, 3.8) is 0 Å². The summed E-state index contributed by atoms with van der Waals surface area (Å²) in [5.41, 5.74) is 8.13. The number of benzene rings is 2. The number of hydrogen-bond donors (Lipinski definition) is 0. The van der Waals surface area contributed by atoms with Crippen LogP contribution in [0.2, 0.25) is 0 Å². The van der Waals surface area contributed by atoms with Gasteiger partial charge < -0.3 is 0 Å². The maximum Gasteiger partial charge on any atom is 2.00 e. The fraction of sp³-hybridized carbons (Fsp3) is 0.250. The van der Waals surface area contributed by atoms with Crippen molar-refractivity contribution in [1.82, 2.24) is 9.97 Å². The van der Waals surface area contributed by atoms with Crippen molar-refractivity contribution in [2.45, 2.75) is 58.4 Å². The van der Waals surface area contributed by atoms with Crippen molar-refractivity contribution in [2.24, 2.45) is 0 Å². The van der Waals surface area contributed by atoms with Crippen LogP contribution >= 0.6 is 0 Å². The van der Waals surface area contributed by atoms with Crippen molar-refractivity contribution in [1.29, 1.82) is 0 Å². The number of aromatic nitrogens is 3. The van der Waals surface area contributed by atoms with Crippen LogP contribution in [0.25, 0.3) is 22.5 Å². The molecule has 0 aliphatic heterocycles. The molecule has 40 heavy (non-hydrogen) atoms. The van der Waals surface area contributed by atoms with Crippen molar-refractivity contribution >= 4 is 0 Å². The molecule has 0 radical (unpaired) electrons. The maximum atomic E-state index is 5.18. The number of pyridine rings is 3. The summed E-state index contributed by atoms with van der Waals surface area (Å²) in [4.78, 5) is 10.4. The van der Waals surface area contributed by atoms with Crippen molar-refractivity contribution in [3.8, 4) is 22.5 Å². The molecule has 204 valence electrons. The first-order chi connectivity index (χ1) is 18.6. The van der Waals surface area contributed by atoms with Gasteiger partial charge in [-0.1, -0.05) is 65.8 Å². The second kappa shape index (κ2) is 12.0. The molecule has 0 saturated carbocycles. The second-order valence-corrected chi connectivity index (χ2v) is 12.1. The fourth-order valence-corrected chi connectivity index (χ4v) is 4.64. The van der Waals surface area contributed by atoms with Gasteiger partial charge in [0.15, 0.2) is 12.4 Å². The molecule has 0 spiro atoms. The average Bonchev–Trinajstić information content (AvgIpc) is 2.93. The molecule has 0 N–H and O–H groups in total. The standard InChI is InChI=1S/C36H36N3.Pt/c1-35(2,3)28-23-29(36(4,5)6)25-39(24-28)34(32-21-13-19-30(37-32)26-15-9-7-10-16-26)33-22-14-20-31(38-33)27-17-11-8-12-18-27;/h7-15,17,19-25,34H,1-6H3;/q-1;+2. The summed E-state index contributed by atoms with van der Waals surface area (Å²) in [5.74, 6) is 0. The first-order valence-corrected chi connectivity index (χ1v) is 13.5. The Balaban J connectivity index is 0.00000370. The summed E-state index contributed by atoms with van der Waals surface area (Å²) in [6.07, 6.45) is 4.54. The van der Waals surface area contributed by atoms with Gasteiger partial charge >= 0.3 is 21.1 Å². The Hall–Kier alpha value is -3.42. The Morgan fingerprint density at radius 2 is 1.05 bits per heavy atom. The van der Waals surface area contributed by atoms with Crippen molar-refractivity contribution < 1.29 is 25.6 Å². The Morgan fingerprint density at radius 3 is 1.43 bits per heavy atom. The molecule has 0 bridgehead atoms. The van der Waals surface area contributed by atoms with Crippen LogP contribution < -0.4 is 4.57 Å². The summed E-state index contributed by atoms with van der Waals surface area (Å²) < 4.78 is 2.31. The molecule has 0 saturated heterocycles. The van der Waals surface area contributed by atoms with E-state index < -0.39 is 0 Å². The Labute approximate surface area is 253 Å². The molecule has 5 aromatic rings. The van der Waals surface area contributed by atoms with Gasteiger partial charge in [0, 0.05) is 11.1 Å². The van der Waals surface area contributed by atoms with E-state index in [1.807, 2.05) is 48.5 Å². The van der Waals surface area contributed by atoms with Crippen LogP contribution in [0.3, 0.4) is 0 Å². The van der Waals surface area contributed by atoms with Gasteiger partial charge in [0.2, 0.25) is 6.04 Å². The second-order valence-electron chi connectivity index (χ2n) is 12.1. The molecule has 3 heterocycles. The average molecular weight is 706 g/mol. The normalized spacial score (nSPS) is 11.8. The molecule has 0 aliphatic carbocycles. The van der Waals surface area contributed by atoms with Gasteiger partial charge in [-0.3, -0.25) is 9.97 Å². The predicted octanol–water partition coefficient (Wildman–Crippen LogP) is 7.93. The SMILES string of the molecule is CC(C)(C)c1cc(C(C)(C)C)c[n+](C(c2cccc(-c3[c-]cccc3)n2)c2cccc(-c3[c-]cccc3)n2)c1.[Pt+2]. The van der Waals surface area contributed by atoms with Crippen molar-refractivity contribution in [3.05, 3.63) is 138 Å². The quantitative estimate of drug-likeness (QED) is 0.137. The van der Waals surface area contributed by atoms with Crippen molar-refractivity contribution in [2.75, 3.05) is 0 Å². The van der Waals surface area contributed by atoms with E-state index in [-0.39, 0.29) is 37.9 Å². The van der Waals surface area contributed by atoms with Crippen LogP contribution in [0.4, 0.5) is 0 Å². The van der Waals surface area contributed by atoms with Gasteiger partial charge in [-0.05, 0) is 40.4 Å². The van der Waals surface area contributed by atoms with Crippen LogP contribution in [0, 0.1) is 12.1 Å². The summed E-state index contributed by atoms with van der Waals surface area (Å²) in [6, 6.07) is 37.2. The molecule has 0 amide bonds. The van der Waals surface area contributed by atoms with Gasteiger partial charge in [-0.15, -0.1) is 71.8 Å². The zero-order valence-electron chi connectivity index (χ0n) is 24.1. The summed E-state index contributed by atoms with van der Waals surface area (Å²) in [6.45, 7) is 13.6.